The van der Waals surface area contributed by atoms with Crippen molar-refractivity contribution in [2.45, 2.75) is 103 Å². The van der Waals surface area contributed by atoms with Gasteiger partial charge in [0.25, 0.3) is 0 Å². The molecule has 0 heterocycles. The fourth-order valence-electron chi connectivity index (χ4n) is 3.12. The number of unbranched alkanes of at least 4 members (excludes halogenated alkanes) is 8. The lowest BCUT2D eigenvalue weighted by atomic mass is 9.71. The topological polar surface area (TPSA) is 63.3 Å². The van der Waals surface area contributed by atoms with Crippen LogP contribution in [0.3, 0.4) is 0 Å². The van der Waals surface area contributed by atoms with E-state index in [-0.39, 0.29) is 12.5 Å². The van der Waals surface area contributed by atoms with Gasteiger partial charge in [-0.05, 0) is 33.1 Å². The molecule has 0 aromatic carbocycles. The van der Waals surface area contributed by atoms with Crippen LogP contribution in [0.5, 0.6) is 0 Å². The number of rotatable bonds is 15. The third kappa shape index (κ3) is 8.39. The first-order valence-corrected chi connectivity index (χ1v) is 9.79. The standard InChI is InChI=1S/C19H38ClNO2/c1-4-5-6-7-8-9-10-11-12-15-19(3,20)18(2,17(21)23)14-13-16-22/h22H,4-16H2,1-3H3,(H2,21,23). The number of aliphatic hydroxyl groups is 1. The van der Waals surface area contributed by atoms with Crippen LogP contribution in [-0.2, 0) is 4.79 Å². The molecule has 23 heavy (non-hydrogen) atoms. The van der Waals surface area contributed by atoms with Crippen molar-refractivity contribution < 1.29 is 9.90 Å². The summed E-state index contributed by atoms with van der Waals surface area (Å²) in [6, 6.07) is 0. The Bertz CT molecular complexity index is 320. The van der Waals surface area contributed by atoms with Gasteiger partial charge in [0.1, 0.15) is 0 Å². The molecule has 0 spiro atoms. The van der Waals surface area contributed by atoms with Crippen LogP contribution in [0.2, 0.25) is 0 Å². The maximum Gasteiger partial charge on any atom is 0.225 e. The zero-order valence-corrected chi connectivity index (χ0v) is 16.3. The molecule has 0 aromatic rings. The second kappa shape index (κ2) is 12.1. The van der Waals surface area contributed by atoms with Crippen LogP contribution in [0.25, 0.3) is 0 Å². The van der Waals surface area contributed by atoms with Gasteiger partial charge in [0, 0.05) is 6.61 Å². The number of nitrogens with two attached hydrogens (primary N) is 1. The molecule has 0 aliphatic rings. The average Bonchev–Trinajstić information content (AvgIpc) is 2.50. The Hall–Kier alpha value is -0.280. The van der Waals surface area contributed by atoms with Gasteiger partial charge in [-0.3, -0.25) is 4.79 Å². The molecule has 0 aliphatic carbocycles. The Labute approximate surface area is 148 Å². The molecule has 0 fully saturated rings. The van der Waals surface area contributed by atoms with E-state index in [0.29, 0.717) is 12.8 Å². The Morgan fingerprint density at radius 3 is 1.83 bits per heavy atom. The molecule has 0 saturated heterocycles. The van der Waals surface area contributed by atoms with Crippen molar-refractivity contribution in [2.24, 2.45) is 11.1 Å². The van der Waals surface area contributed by atoms with Gasteiger partial charge in [0.2, 0.25) is 5.91 Å². The van der Waals surface area contributed by atoms with Crippen molar-refractivity contribution >= 4 is 17.5 Å². The minimum atomic E-state index is -0.766. The lowest BCUT2D eigenvalue weighted by Crippen LogP contribution is -2.49. The summed E-state index contributed by atoms with van der Waals surface area (Å²) in [5.74, 6) is -0.362. The summed E-state index contributed by atoms with van der Waals surface area (Å²) in [6.45, 7) is 6.06. The van der Waals surface area contributed by atoms with Gasteiger partial charge in [-0.15, -0.1) is 11.6 Å². The quantitative estimate of drug-likeness (QED) is 0.317. The van der Waals surface area contributed by atoms with Crippen LogP contribution >= 0.6 is 11.6 Å². The Balaban J connectivity index is 4.07. The monoisotopic (exact) mass is 347 g/mol. The van der Waals surface area contributed by atoms with Gasteiger partial charge in [0.15, 0.2) is 0 Å². The van der Waals surface area contributed by atoms with Crippen molar-refractivity contribution in [3.63, 3.8) is 0 Å². The number of halogens is 1. The summed E-state index contributed by atoms with van der Waals surface area (Å²) in [5.41, 5.74) is 4.84. The molecule has 3 nitrogen and oxygen atoms in total. The molecular formula is C19H38ClNO2. The molecule has 0 rings (SSSR count). The minimum absolute atomic E-state index is 0.0634. The van der Waals surface area contributed by atoms with Gasteiger partial charge >= 0.3 is 0 Å². The van der Waals surface area contributed by atoms with E-state index < -0.39 is 10.3 Å². The summed E-state index contributed by atoms with van der Waals surface area (Å²) < 4.78 is 0. The molecule has 0 bridgehead atoms. The summed E-state index contributed by atoms with van der Waals surface area (Å²) >= 11 is 6.69. The van der Waals surface area contributed by atoms with Crippen molar-refractivity contribution in [3.05, 3.63) is 0 Å². The van der Waals surface area contributed by atoms with E-state index in [1.54, 1.807) is 0 Å². The Kier molecular flexibility index (Phi) is 12.0. The molecular weight excluding hydrogens is 310 g/mol. The van der Waals surface area contributed by atoms with Crippen molar-refractivity contribution in [2.75, 3.05) is 6.61 Å². The fraction of sp³-hybridized carbons (Fsp3) is 0.947. The van der Waals surface area contributed by atoms with Crippen LogP contribution in [0, 0.1) is 5.41 Å². The van der Waals surface area contributed by atoms with Gasteiger partial charge < -0.3 is 10.8 Å². The molecule has 3 N–H and O–H groups in total. The number of hydrogen-bond acceptors (Lipinski definition) is 2. The number of aliphatic hydroxyl groups excluding tert-OH is 1. The van der Waals surface area contributed by atoms with Gasteiger partial charge in [-0.25, -0.2) is 0 Å². The molecule has 2 atom stereocenters. The predicted molar refractivity (Wildman–Crippen MR) is 99.7 cm³/mol. The second-order valence-electron chi connectivity index (χ2n) is 7.30. The average molecular weight is 348 g/mol. The van der Waals surface area contributed by atoms with E-state index >= 15 is 0 Å². The normalized spacial score (nSPS) is 16.7. The van der Waals surface area contributed by atoms with Crippen LogP contribution in [-0.4, -0.2) is 22.5 Å². The zero-order chi connectivity index (χ0) is 17.8. The number of amides is 1. The molecule has 0 aromatic heterocycles. The maximum absolute atomic E-state index is 11.9. The third-order valence-corrected chi connectivity index (χ3v) is 5.89. The largest absolute Gasteiger partial charge is 0.396 e. The van der Waals surface area contributed by atoms with E-state index in [0.717, 1.165) is 19.3 Å². The maximum atomic E-state index is 11.9. The molecule has 2 unspecified atom stereocenters. The minimum Gasteiger partial charge on any atom is -0.396 e. The van der Waals surface area contributed by atoms with Crippen LogP contribution in [0.1, 0.15) is 97.8 Å². The van der Waals surface area contributed by atoms with Crippen LogP contribution in [0.15, 0.2) is 0 Å². The van der Waals surface area contributed by atoms with E-state index in [2.05, 4.69) is 6.92 Å². The Morgan fingerprint density at radius 1 is 0.913 bits per heavy atom. The highest BCUT2D eigenvalue weighted by Crippen LogP contribution is 2.44. The highest BCUT2D eigenvalue weighted by Gasteiger charge is 2.46. The summed E-state index contributed by atoms with van der Waals surface area (Å²) in [6.07, 6.45) is 13.3. The number of alkyl halides is 1. The first-order chi connectivity index (χ1) is 10.8. The SMILES string of the molecule is CCCCCCCCCCCC(C)(Cl)C(C)(CCCO)C(N)=O. The Morgan fingerprint density at radius 2 is 1.39 bits per heavy atom. The molecule has 0 aliphatic heterocycles. The van der Waals surface area contributed by atoms with E-state index in [9.17, 15) is 4.79 Å². The van der Waals surface area contributed by atoms with Crippen LogP contribution in [0.4, 0.5) is 0 Å². The molecule has 138 valence electrons. The van der Waals surface area contributed by atoms with Crippen LogP contribution < -0.4 is 5.73 Å². The predicted octanol–water partition coefficient (Wildman–Crippen LogP) is 5.17. The number of carbonyl (C=O) groups is 1. The fourth-order valence-corrected chi connectivity index (χ4v) is 3.44. The lowest BCUT2D eigenvalue weighted by Gasteiger charge is -2.40. The molecule has 0 radical (unpaired) electrons. The van der Waals surface area contributed by atoms with Gasteiger partial charge in [0.05, 0.1) is 10.3 Å². The van der Waals surface area contributed by atoms with Crippen molar-refractivity contribution in [3.8, 4) is 0 Å². The number of primary amides is 1. The highest BCUT2D eigenvalue weighted by atomic mass is 35.5. The third-order valence-electron chi connectivity index (χ3n) is 5.28. The zero-order valence-electron chi connectivity index (χ0n) is 15.5. The number of carbonyl (C=O) groups excluding carboxylic acids is 1. The molecule has 0 saturated carbocycles. The highest BCUT2D eigenvalue weighted by molar-refractivity contribution is 6.25. The second-order valence-corrected chi connectivity index (χ2v) is 8.13. The summed E-state index contributed by atoms with van der Waals surface area (Å²) in [7, 11) is 0. The summed E-state index contributed by atoms with van der Waals surface area (Å²) in [4.78, 5) is 11.2. The molecule has 1 amide bonds. The smallest absolute Gasteiger partial charge is 0.225 e. The molecule has 4 heteroatoms. The first-order valence-electron chi connectivity index (χ1n) is 9.41. The van der Waals surface area contributed by atoms with E-state index in [4.69, 9.17) is 22.4 Å². The van der Waals surface area contributed by atoms with Gasteiger partial charge in [-0.2, -0.15) is 0 Å². The van der Waals surface area contributed by atoms with E-state index in [1.165, 1.54) is 44.9 Å². The van der Waals surface area contributed by atoms with Gasteiger partial charge in [-0.1, -0.05) is 64.7 Å². The number of hydrogen-bond donors (Lipinski definition) is 2. The lowest BCUT2D eigenvalue weighted by molar-refractivity contribution is -0.129. The van der Waals surface area contributed by atoms with E-state index in [1.807, 2.05) is 13.8 Å². The summed E-state index contributed by atoms with van der Waals surface area (Å²) in [5, 5.41) is 9.03. The first kappa shape index (κ1) is 22.7. The van der Waals surface area contributed by atoms with Crippen molar-refractivity contribution in [1.29, 1.82) is 0 Å². The van der Waals surface area contributed by atoms with Crippen molar-refractivity contribution in [1.82, 2.24) is 0 Å².